The van der Waals surface area contributed by atoms with E-state index in [1.807, 2.05) is 91.9 Å². The van der Waals surface area contributed by atoms with Crippen LogP contribution in [0, 0.1) is 6.92 Å². The van der Waals surface area contributed by atoms with Crippen molar-refractivity contribution in [2.45, 2.75) is 17.1 Å². The zero-order valence-electron chi connectivity index (χ0n) is 25.9. The van der Waals surface area contributed by atoms with E-state index in [1.165, 1.54) is 11.8 Å². The van der Waals surface area contributed by atoms with E-state index in [0.717, 1.165) is 32.5 Å². The molecule has 0 aliphatic heterocycles. The summed E-state index contributed by atoms with van der Waals surface area (Å²) in [6, 6.07) is 38.6. The summed E-state index contributed by atoms with van der Waals surface area (Å²) in [5.41, 5.74) is 5.00. The van der Waals surface area contributed by atoms with Crippen LogP contribution >= 0.6 is 23.4 Å². The van der Waals surface area contributed by atoms with Gasteiger partial charge in [0.2, 0.25) is 5.91 Å². The molecule has 1 aromatic heterocycles. The first-order valence-electron chi connectivity index (χ1n) is 15.2. The fraction of sp³-hybridized carbons (Fsp3) is 0.0513. The number of fused-ring (bicyclic) bond motifs is 1. The van der Waals surface area contributed by atoms with E-state index in [1.54, 1.807) is 54.7 Å². The van der Waals surface area contributed by atoms with Crippen LogP contribution in [0.2, 0.25) is 5.02 Å². The quantitative estimate of drug-likeness (QED) is 0.0863. The Morgan fingerprint density at radius 3 is 2.25 bits per heavy atom. The predicted octanol–water partition coefficient (Wildman–Crippen LogP) is 9.01. The summed E-state index contributed by atoms with van der Waals surface area (Å²) in [5, 5.41) is 9.60. The van der Waals surface area contributed by atoms with Crippen molar-refractivity contribution in [3.05, 3.63) is 167 Å². The highest BCUT2D eigenvalue weighted by Gasteiger charge is 2.23. The maximum absolute atomic E-state index is 13.8. The van der Waals surface area contributed by atoms with Crippen molar-refractivity contribution in [3.63, 3.8) is 0 Å². The van der Waals surface area contributed by atoms with E-state index < -0.39 is 17.1 Å². The highest BCUT2D eigenvalue weighted by atomic mass is 35.5. The van der Waals surface area contributed by atoms with Crippen LogP contribution < -0.4 is 16.0 Å². The molecule has 6 rings (SSSR count). The molecule has 1 heterocycles. The number of para-hydroxylation sites is 1. The molecule has 0 fully saturated rings. The number of nitrogens with one attached hydrogen (secondary N) is 4. The van der Waals surface area contributed by atoms with Gasteiger partial charge in [-0.25, -0.2) is 0 Å². The van der Waals surface area contributed by atoms with Gasteiger partial charge in [-0.1, -0.05) is 90.5 Å². The second-order valence-corrected chi connectivity index (χ2v) is 12.6. The molecule has 0 aliphatic carbocycles. The monoisotopic (exact) mass is 670 g/mol. The second kappa shape index (κ2) is 14.9. The molecule has 9 heteroatoms. The smallest absolute Gasteiger partial charge is 0.272 e. The van der Waals surface area contributed by atoms with Crippen LogP contribution in [0.5, 0.6) is 0 Å². The summed E-state index contributed by atoms with van der Waals surface area (Å²) in [6.07, 6.45) is 3.45. The second-order valence-electron chi connectivity index (χ2n) is 11.0. The number of aryl methyl sites for hydroxylation is 1. The number of amides is 3. The number of halogens is 1. The van der Waals surface area contributed by atoms with Crippen molar-refractivity contribution < 1.29 is 14.4 Å². The number of carbonyl (C=O) groups is 3. The third kappa shape index (κ3) is 7.86. The van der Waals surface area contributed by atoms with Gasteiger partial charge >= 0.3 is 0 Å². The van der Waals surface area contributed by atoms with E-state index in [2.05, 4.69) is 20.9 Å². The SMILES string of the molecule is Cc1ccc(NC(=O)C(Sc2cccc(NC(=O)/C(=C/c3c[nH]c4ccccc34)NC(=O)c3ccccc3)c2)c2ccccc2)cc1Cl. The summed E-state index contributed by atoms with van der Waals surface area (Å²) < 4.78 is 0. The molecule has 48 heavy (non-hydrogen) atoms. The van der Waals surface area contributed by atoms with Gasteiger partial charge in [0.15, 0.2) is 0 Å². The Morgan fingerprint density at radius 2 is 1.48 bits per heavy atom. The van der Waals surface area contributed by atoms with Gasteiger partial charge in [-0.3, -0.25) is 14.4 Å². The van der Waals surface area contributed by atoms with Gasteiger partial charge in [0.25, 0.3) is 11.8 Å². The third-order valence-corrected chi connectivity index (χ3v) is 9.23. The van der Waals surface area contributed by atoms with Gasteiger partial charge in [0.05, 0.1) is 0 Å². The number of H-pyrrole nitrogens is 1. The Hall–Kier alpha value is -5.57. The van der Waals surface area contributed by atoms with Crippen molar-refractivity contribution in [1.29, 1.82) is 0 Å². The first kappa shape index (κ1) is 32.4. The molecule has 7 nitrogen and oxygen atoms in total. The number of aromatic amines is 1. The lowest BCUT2D eigenvalue weighted by molar-refractivity contribution is -0.116. The lowest BCUT2D eigenvalue weighted by Gasteiger charge is -2.18. The molecule has 0 saturated carbocycles. The number of carbonyl (C=O) groups excluding carboxylic acids is 3. The summed E-state index contributed by atoms with van der Waals surface area (Å²) in [4.78, 5) is 44.5. The van der Waals surface area contributed by atoms with Crippen LogP contribution in [0.1, 0.15) is 32.3 Å². The van der Waals surface area contributed by atoms with E-state index in [-0.39, 0.29) is 11.6 Å². The Morgan fingerprint density at radius 1 is 0.771 bits per heavy atom. The summed E-state index contributed by atoms with van der Waals surface area (Å²) >= 11 is 7.66. The first-order chi connectivity index (χ1) is 23.3. The summed E-state index contributed by atoms with van der Waals surface area (Å²) in [6.45, 7) is 1.90. The number of hydrogen-bond donors (Lipinski definition) is 4. The van der Waals surface area contributed by atoms with Crippen LogP contribution in [0.15, 0.2) is 144 Å². The molecular weight excluding hydrogens is 640 g/mol. The number of thioether (sulfide) groups is 1. The Balaban J connectivity index is 1.25. The normalized spacial score (nSPS) is 11.9. The van der Waals surface area contributed by atoms with E-state index in [0.29, 0.717) is 22.0 Å². The molecule has 3 amide bonds. The van der Waals surface area contributed by atoms with Crippen molar-refractivity contribution in [3.8, 4) is 0 Å². The van der Waals surface area contributed by atoms with Gasteiger partial charge < -0.3 is 20.9 Å². The van der Waals surface area contributed by atoms with Crippen LogP contribution in [0.3, 0.4) is 0 Å². The summed E-state index contributed by atoms with van der Waals surface area (Å²) in [5.74, 6) is -1.12. The van der Waals surface area contributed by atoms with E-state index >= 15 is 0 Å². The van der Waals surface area contributed by atoms with Gasteiger partial charge in [-0.15, -0.1) is 11.8 Å². The van der Waals surface area contributed by atoms with Gasteiger partial charge in [-0.2, -0.15) is 0 Å². The minimum absolute atomic E-state index is 0.0740. The van der Waals surface area contributed by atoms with Crippen molar-refractivity contribution in [2.75, 3.05) is 10.6 Å². The molecular formula is C39H31ClN4O3S. The maximum atomic E-state index is 13.8. The van der Waals surface area contributed by atoms with Crippen molar-refractivity contribution >= 4 is 69.4 Å². The number of aromatic nitrogens is 1. The van der Waals surface area contributed by atoms with E-state index in [4.69, 9.17) is 11.6 Å². The molecule has 0 saturated heterocycles. The minimum Gasteiger partial charge on any atom is -0.361 e. The number of hydrogen-bond acceptors (Lipinski definition) is 4. The van der Waals surface area contributed by atoms with E-state index in [9.17, 15) is 14.4 Å². The fourth-order valence-electron chi connectivity index (χ4n) is 5.07. The Labute approximate surface area is 287 Å². The van der Waals surface area contributed by atoms with Crippen molar-refractivity contribution in [1.82, 2.24) is 10.3 Å². The maximum Gasteiger partial charge on any atom is 0.272 e. The average Bonchev–Trinajstić information content (AvgIpc) is 3.52. The summed E-state index contributed by atoms with van der Waals surface area (Å²) in [7, 11) is 0. The number of rotatable bonds is 10. The lowest BCUT2D eigenvalue weighted by Crippen LogP contribution is -2.30. The standard InChI is InChI=1S/C39H31ClN4O3S/c1-25-19-20-30(23-33(25)40)43-39(47)36(26-11-4-2-5-12-26)48-31-16-10-15-29(22-31)42-38(46)35(44-37(45)27-13-6-3-7-14-27)21-28-24-41-34-18-9-8-17-32(28)34/h2-24,36,41H,1H3,(H,42,46)(H,43,47)(H,44,45)/b35-21-. The van der Waals surface area contributed by atoms with Gasteiger partial charge in [-0.05, 0) is 72.7 Å². The Kier molecular flexibility index (Phi) is 10.0. The van der Waals surface area contributed by atoms with Gasteiger partial charge in [0.1, 0.15) is 10.9 Å². The topological polar surface area (TPSA) is 103 Å². The number of anilines is 2. The zero-order valence-corrected chi connectivity index (χ0v) is 27.4. The first-order valence-corrected chi connectivity index (χ1v) is 16.4. The Bertz CT molecular complexity index is 2130. The van der Waals surface area contributed by atoms with Crippen molar-refractivity contribution in [2.24, 2.45) is 0 Å². The van der Waals surface area contributed by atoms with Crippen LogP contribution in [0.4, 0.5) is 11.4 Å². The van der Waals surface area contributed by atoms with Gasteiger partial charge in [0, 0.05) is 49.5 Å². The number of benzene rings is 5. The predicted molar refractivity (Wildman–Crippen MR) is 195 cm³/mol. The highest BCUT2D eigenvalue weighted by Crippen LogP contribution is 2.37. The molecule has 6 aromatic rings. The molecule has 4 N–H and O–H groups in total. The molecule has 0 spiro atoms. The molecule has 0 aliphatic rings. The van der Waals surface area contributed by atoms with Crippen LogP contribution in [-0.2, 0) is 9.59 Å². The largest absolute Gasteiger partial charge is 0.361 e. The molecule has 238 valence electrons. The fourth-order valence-corrected chi connectivity index (χ4v) is 6.34. The molecule has 1 unspecified atom stereocenters. The molecule has 0 radical (unpaired) electrons. The van der Waals surface area contributed by atoms with Crippen LogP contribution in [0.25, 0.3) is 17.0 Å². The zero-order chi connectivity index (χ0) is 33.5. The molecule has 1 atom stereocenters. The molecule has 0 bridgehead atoms. The highest BCUT2D eigenvalue weighted by molar-refractivity contribution is 8.00. The van der Waals surface area contributed by atoms with Crippen LogP contribution in [-0.4, -0.2) is 22.7 Å². The average molecular weight is 671 g/mol. The molecule has 5 aromatic carbocycles. The third-order valence-electron chi connectivity index (χ3n) is 7.58. The lowest BCUT2D eigenvalue weighted by atomic mass is 10.1. The minimum atomic E-state index is -0.597.